The molecular weight excluding hydrogens is 538 g/mol. The van der Waals surface area contributed by atoms with Gasteiger partial charge in [-0.1, -0.05) is 61.2 Å². The molecule has 10 nitrogen and oxygen atoms in total. The van der Waals surface area contributed by atoms with E-state index in [0.29, 0.717) is 35.6 Å². The maximum Gasteiger partial charge on any atom is 0.246 e. The highest BCUT2D eigenvalue weighted by molar-refractivity contribution is 7.89. The molecule has 3 N–H and O–H groups in total. The van der Waals surface area contributed by atoms with Gasteiger partial charge in [-0.3, -0.25) is 4.79 Å². The van der Waals surface area contributed by atoms with Gasteiger partial charge in [-0.25, -0.2) is 27.8 Å². The molecule has 3 aromatic carbocycles. The first kappa shape index (κ1) is 26.6. The molecule has 1 unspecified atom stereocenters. The maximum absolute atomic E-state index is 13.0. The van der Waals surface area contributed by atoms with Gasteiger partial charge in [-0.2, -0.15) is 5.10 Å². The number of nitrogen functional groups attached to an aromatic ring is 1. The van der Waals surface area contributed by atoms with Crippen LogP contribution in [-0.2, 0) is 21.4 Å². The van der Waals surface area contributed by atoms with Gasteiger partial charge >= 0.3 is 0 Å². The Balaban J connectivity index is 1.25. The number of likely N-dealkylation sites (tertiary alicyclic amines) is 1. The number of carbonyl (C=O) groups is 1. The van der Waals surface area contributed by atoms with Crippen LogP contribution in [0.3, 0.4) is 0 Å². The molecule has 5 aromatic rings. The van der Waals surface area contributed by atoms with Crippen LogP contribution in [0.15, 0.2) is 90.6 Å². The number of benzene rings is 3. The third-order valence-electron chi connectivity index (χ3n) is 7.47. The molecule has 1 aliphatic rings. The van der Waals surface area contributed by atoms with E-state index in [2.05, 4.69) is 21.3 Å². The van der Waals surface area contributed by atoms with E-state index in [1.807, 2.05) is 53.2 Å². The molecule has 0 radical (unpaired) electrons. The first-order valence-electron chi connectivity index (χ1n) is 13.3. The fourth-order valence-electron chi connectivity index (χ4n) is 5.31. The fraction of sp³-hybridized carbons (Fsp3) is 0.200. The lowest BCUT2D eigenvalue weighted by Gasteiger charge is -2.32. The molecule has 1 atom stereocenters. The van der Waals surface area contributed by atoms with Crippen LogP contribution in [0.1, 0.15) is 24.4 Å². The third kappa shape index (κ3) is 5.17. The van der Waals surface area contributed by atoms with Crippen molar-refractivity contribution in [2.45, 2.75) is 30.3 Å². The van der Waals surface area contributed by atoms with E-state index in [1.165, 1.54) is 12.4 Å². The van der Waals surface area contributed by atoms with E-state index in [4.69, 9.17) is 10.8 Å². The molecule has 0 saturated carbocycles. The number of rotatable bonds is 7. The van der Waals surface area contributed by atoms with Gasteiger partial charge in [0, 0.05) is 25.2 Å². The lowest BCUT2D eigenvalue weighted by atomic mass is 10.1. The normalized spacial score (nSPS) is 15.8. The zero-order valence-corrected chi connectivity index (χ0v) is 23.1. The van der Waals surface area contributed by atoms with Crippen molar-refractivity contribution in [3.63, 3.8) is 0 Å². The Morgan fingerprint density at radius 1 is 1.07 bits per heavy atom. The quantitative estimate of drug-likeness (QED) is 0.283. The van der Waals surface area contributed by atoms with Crippen molar-refractivity contribution >= 4 is 43.6 Å². The molecule has 0 spiro atoms. The molecule has 2 aromatic heterocycles. The van der Waals surface area contributed by atoms with Gasteiger partial charge < -0.3 is 10.6 Å². The number of hydrogen-bond acceptors (Lipinski definition) is 7. The number of anilines is 1. The third-order valence-corrected chi connectivity index (χ3v) is 8.87. The van der Waals surface area contributed by atoms with E-state index in [-0.39, 0.29) is 23.4 Å². The molecular formula is C30H29N7O3S. The van der Waals surface area contributed by atoms with Gasteiger partial charge in [0.25, 0.3) is 0 Å². The Bertz CT molecular complexity index is 1880. The van der Waals surface area contributed by atoms with Crippen molar-refractivity contribution in [1.29, 1.82) is 0 Å². The predicted molar refractivity (Wildman–Crippen MR) is 158 cm³/mol. The summed E-state index contributed by atoms with van der Waals surface area (Å²) in [5.74, 6) is 0.214. The second-order valence-electron chi connectivity index (χ2n) is 10.1. The van der Waals surface area contributed by atoms with Crippen molar-refractivity contribution in [1.82, 2.24) is 29.4 Å². The summed E-state index contributed by atoms with van der Waals surface area (Å²) in [6.07, 6.45) is 4.43. The minimum absolute atomic E-state index is 0.0676. The average molecular weight is 568 g/mol. The maximum atomic E-state index is 13.0. The molecule has 41 heavy (non-hydrogen) atoms. The summed E-state index contributed by atoms with van der Waals surface area (Å²) < 4.78 is 30.5. The number of piperidine rings is 1. The summed E-state index contributed by atoms with van der Waals surface area (Å²) in [4.78, 5) is 22.9. The highest BCUT2D eigenvalue weighted by atomic mass is 32.2. The molecule has 3 heterocycles. The molecule has 208 valence electrons. The van der Waals surface area contributed by atoms with E-state index in [0.717, 1.165) is 34.7 Å². The molecule has 0 bridgehead atoms. The zero-order valence-electron chi connectivity index (χ0n) is 22.3. The molecule has 1 fully saturated rings. The van der Waals surface area contributed by atoms with Gasteiger partial charge in [0.2, 0.25) is 15.9 Å². The minimum Gasteiger partial charge on any atom is -0.383 e. The van der Waals surface area contributed by atoms with Gasteiger partial charge in [0.15, 0.2) is 5.65 Å². The number of nitrogens with one attached hydrogen (secondary N) is 1. The standard InChI is InChI=1S/C30H29N7O3S/c1-2-26(38)36-15-5-8-24(18-36)37-30-27(29(31)32-19-33-30)28(35-37)22-11-9-20(10-12-22)17-34-41(39,40)25-14-13-21-6-3-4-7-23(21)16-25/h2-4,6-7,9-14,16,19,24,34H,1,5,8,15,17-18H2,(H2,31,32,33). The van der Waals surface area contributed by atoms with E-state index in [1.54, 1.807) is 23.1 Å². The van der Waals surface area contributed by atoms with Crippen LogP contribution >= 0.6 is 0 Å². The number of nitrogens with zero attached hydrogens (tertiary/aromatic N) is 5. The zero-order chi connectivity index (χ0) is 28.6. The largest absolute Gasteiger partial charge is 0.383 e. The summed E-state index contributed by atoms with van der Waals surface area (Å²) in [5, 5.41) is 7.39. The second-order valence-corrected chi connectivity index (χ2v) is 11.8. The summed E-state index contributed by atoms with van der Waals surface area (Å²) in [5.41, 5.74) is 9.12. The lowest BCUT2D eigenvalue weighted by Crippen LogP contribution is -2.40. The average Bonchev–Trinajstić information content (AvgIpc) is 3.41. The number of sulfonamides is 1. The second kappa shape index (κ2) is 10.8. The number of aromatic nitrogens is 4. The Morgan fingerprint density at radius 2 is 1.85 bits per heavy atom. The van der Waals surface area contributed by atoms with Crippen LogP contribution in [0.5, 0.6) is 0 Å². The Labute approximate surface area is 237 Å². The number of fused-ring (bicyclic) bond motifs is 2. The van der Waals surface area contributed by atoms with Crippen LogP contribution in [0.2, 0.25) is 0 Å². The van der Waals surface area contributed by atoms with Crippen LogP contribution in [0.4, 0.5) is 5.82 Å². The molecule has 1 aliphatic heterocycles. The van der Waals surface area contributed by atoms with E-state index >= 15 is 0 Å². The van der Waals surface area contributed by atoms with Crippen LogP contribution in [-0.4, -0.2) is 52.1 Å². The highest BCUT2D eigenvalue weighted by Gasteiger charge is 2.28. The summed E-state index contributed by atoms with van der Waals surface area (Å²) in [6.45, 7) is 4.92. The number of carbonyl (C=O) groups excluding carboxylic acids is 1. The van der Waals surface area contributed by atoms with Crippen LogP contribution in [0, 0.1) is 0 Å². The number of hydrogen-bond donors (Lipinski definition) is 2. The highest BCUT2D eigenvalue weighted by Crippen LogP contribution is 2.34. The molecule has 0 aliphatic carbocycles. The Morgan fingerprint density at radius 3 is 2.63 bits per heavy atom. The lowest BCUT2D eigenvalue weighted by molar-refractivity contribution is -0.127. The molecule has 1 amide bonds. The minimum atomic E-state index is -3.70. The topological polar surface area (TPSA) is 136 Å². The van der Waals surface area contributed by atoms with Crippen molar-refractivity contribution in [2.75, 3.05) is 18.8 Å². The van der Waals surface area contributed by atoms with Gasteiger partial charge in [0.1, 0.15) is 17.8 Å². The summed E-state index contributed by atoms with van der Waals surface area (Å²) in [6, 6.07) is 20.1. The van der Waals surface area contributed by atoms with Crippen molar-refractivity contribution in [2.24, 2.45) is 0 Å². The van der Waals surface area contributed by atoms with Crippen LogP contribution in [0.25, 0.3) is 33.1 Å². The molecule has 11 heteroatoms. The number of amides is 1. The smallest absolute Gasteiger partial charge is 0.246 e. The van der Waals surface area contributed by atoms with Crippen molar-refractivity contribution in [3.8, 4) is 11.3 Å². The van der Waals surface area contributed by atoms with Gasteiger partial charge in [-0.15, -0.1) is 0 Å². The first-order valence-corrected chi connectivity index (χ1v) is 14.8. The Hall–Kier alpha value is -4.61. The van der Waals surface area contributed by atoms with E-state index in [9.17, 15) is 13.2 Å². The summed E-state index contributed by atoms with van der Waals surface area (Å²) in [7, 11) is -3.70. The Kier molecular flexibility index (Phi) is 6.98. The number of nitrogens with two attached hydrogens (primary N) is 1. The first-order chi connectivity index (χ1) is 19.8. The summed E-state index contributed by atoms with van der Waals surface area (Å²) >= 11 is 0. The van der Waals surface area contributed by atoms with Crippen molar-refractivity contribution in [3.05, 3.63) is 91.3 Å². The van der Waals surface area contributed by atoms with Crippen molar-refractivity contribution < 1.29 is 13.2 Å². The van der Waals surface area contributed by atoms with Crippen LogP contribution < -0.4 is 10.5 Å². The predicted octanol–water partition coefficient (Wildman–Crippen LogP) is 4.06. The van der Waals surface area contributed by atoms with E-state index < -0.39 is 10.0 Å². The van der Waals surface area contributed by atoms with Gasteiger partial charge in [0.05, 0.1) is 16.3 Å². The monoisotopic (exact) mass is 567 g/mol. The molecule has 1 saturated heterocycles. The van der Waals surface area contributed by atoms with Gasteiger partial charge in [-0.05, 0) is 47.4 Å². The SMILES string of the molecule is C=CC(=O)N1CCCC(n2nc(-c3ccc(CNS(=O)(=O)c4ccc5ccccc5c4)cc3)c3c(N)ncnc32)C1. The molecule has 6 rings (SSSR count). The fourth-order valence-corrected chi connectivity index (χ4v) is 6.37.